The summed E-state index contributed by atoms with van der Waals surface area (Å²) in [7, 11) is 0. The molecule has 0 amide bonds. The molecule has 1 aliphatic rings. The normalized spacial score (nSPS) is 23.2. The van der Waals surface area contributed by atoms with Crippen LogP contribution in [0, 0.1) is 0 Å². The van der Waals surface area contributed by atoms with E-state index in [1.807, 2.05) is 18.2 Å². The molecule has 14 heavy (non-hydrogen) atoms. The van der Waals surface area contributed by atoms with Crippen molar-refractivity contribution >= 4 is 47.4 Å². The Bertz CT molecular complexity index is 347. The van der Waals surface area contributed by atoms with Gasteiger partial charge in [0.05, 0.1) is 5.69 Å². The SMILES string of the molecule is Cl.O=C(O)C1(Cl)Nc2ccccc2S1. The number of nitrogens with one attached hydrogen (secondary N) is 1. The molecule has 0 fully saturated rings. The van der Waals surface area contributed by atoms with Gasteiger partial charge in [0.1, 0.15) is 0 Å². The summed E-state index contributed by atoms with van der Waals surface area (Å²) in [6.45, 7) is 0. The van der Waals surface area contributed by atoms with E-state index in [4.69, 9.17) is 16.7 Å². The van der Waals surface area contributed by atoms with Gasteiger partial charge in [-0.15, -0.1) is 12.4 Å². The van der Waals surface area contributed by atoms with Crippen LogP contribution in [-0.2, 0) is 4.79 Å². The lowest BCUT2D eigenvalue weighted by Crippen LogP contribution is -2.33. The van der Waals surface area contributed by atoms with Crippen LogP contribution in [0.1, 0.15) is 0 Å². The summed E-state index contributed by atoms with van der Waals surface area (Å²) in [4.78, 5) is 11.6. The van der Waals surface area contributed by atoms with Crippen LogP contribution in [0.15, 0.2) is 29.2 Å². The number of fused-ring (bicyclic) bond motifs is 1. The number of rotatable bonds is 1. The molecule has 3 nitrogen and oxygen atoms in total. The molecule has 0 radical (unpaired) electrons. The van der Waals surface area contributed by atoms with Crippen molar-refractivity contribution in [2.24, 2.45) is 0 Å². The number of halogens is 2. The predicted molar refractivity (Wildman–Crippen MR) is 59.4 cm³/mol. The Morgan fingerprint density at radius 1 is 1.50 bits per heavy atom. The number of carbonyl (C=O) groups is 1. The maximum atomic E-state index is 10.8. The summed E-state index contributed by atoms with van der Waals surface area (Å²) in [5.41, 5.74) is 0.768. The van der Waals surface area contributed by atoms with Gasteiger partial charge in [0.15, 0.2) is 0 Å². The number of para-hydroxylation sites is 1. The molecule has 0 saturated carbocycles. The fraction of sp³-hybridized carbons (Fsp3) is 0.125. The van der Waals surface area contributed by atoms with Crippen LogP contribution in [0.4, 0.5) is 5.69 Å². The van der Waals surface area contributed by atoms with Crippen LogP contribution in [-0.4, -0.2) is 15.4 Å². The molecule has 0 aliphatic carbocycles. The van der Waals surface area contributed by atoms with Crippen molar-refractivity contribution in [1.82, 2.24) is 0 Å². The van der Waals surface area contributed by atoms with Crippen molar-refractivity contribution in [2.75, 3.05) is 5.32 Å². The number of thioether (sulfide) groups is 1. The van der Waals surface area contributed by atoms with Gasteiger partial charge in [0, 0.05) is 4.90 Å². The highest BCUT2D eigenvalue weighted by molar-refractivity contribution is 8.03. The van der Waals surface area contributed by atoms with Crippen molar-refractivity contribution < 1.29 is 9.90 Å². The number of carboxylic acids is 1. The van der Waals surface area contributed by atoms with Crippen LogP contribution in [0.25, 0.3) is 0 Å². The first-order valence-electron chi connectivity index (χ1n) is 3.60. The topological polar surface area (TPSA) is 49.3 Å². The molecular formula is C8H7Cl2NO2S. The Hall–Kier alpha value is -0.580. The number of anilines is 1. The summed E-state index contributed by atoms with van der Waals surface area (Å²) >= 11 is 6.92. The monoisotopic (exact) mass is 251 g/mol. The van der Waals surface area contributed by atoms with Gasteiger partial charge >= 0.3 is 5.97 Å². The third kappa shape index (κ3) is 1.78. The summed E-state index contributed by atoms with van der Waals surface area (Å²) in [6, 6.07) is 7.31. The minimum atomic E-state index is -1.44. The second-order valence-corrected chi connectivity index (χ2v) is 4.67. The largest absolute Gasteiger partial charge is 0.478 e. The average Bonchev–Trinajstić information content (AvgIpc) is 2.42. The van der Waals surface area contributed by atoms with Gasteiger partial charge in [-0.25, -0.2) is 4.79 Å². The molecule has 0 saturated heterocycles. The van der Waals surface area contributed by atoms with Gasteiger partial charge in [-0.05, 0) is 12.1 Å². The summed E-state index contributed by atoms with van der Waals surface area (Å²) in [5, 5.41) is 11.6. The number of hydrogen-bond donors (Lipinski definition) is 2. The van der Waals surface area contributed by atoms with E-state index in [9.17, 15) is 4.79 Å². The zero-order valence-corrected chi connectivity index (χ0v) is 9.25. The lowest BCUT2D eigenvalue weighted by atomic mass is 10.3. The Balaban J connectivity index is 0.000000980. The predicted octanol–water partition coefficient (Wildman–Crippen LogP) is 2.60. The highest BCUT2D eigenvalue weighted by Gasteiger charge is 2.43. The third-order valence-corrected chi connectivity index (χ3v) is 3.33. The van der Waals surface area contributed by atoms with Crippen molar-refractivity contribution in [3.8, 4) is 0 Å². The second-order valence-electron chi connectivity index (χ2n) is 2.62. The Morgan fingerprint density at radius 2 is 2.14 bits per heavy atom. The molecule has 1 unspecified atom stereocenters. The molecule has 2 rings (SSSR count). The molecule has 1 aromatic carbocycles. The van der Waals surface area contributed by atoms with Gasteiger partial charge in [-0.3, -0.25) is 0 Å². The van der Waals surface area contributed by atoms with Crippen LogP contribution >= 0.6 is 35.8 Å². The van der Waals surface area contributed by atoms with Crippen molar-refractivity contribution in [3.05, 3.63) is 24.3 Å². The van der Waals surface area contributed by atoms with Crippen molar-refractivity contribution in [1.29, 1.82) is 0 Å². The van der Waals surface area contributed by atoms with Gasteiger partial charge < -0.3 is 10.4 Å². The van der Waals surface area contributed by atoms with Crippen molar-refractivity contribution in [2.45, 2.75) is 9.23 Å². The first-order chi connectivity index (χ1) is 6.12. The number of benzene rings is 1. The molecule has 0 spiro atoms. The quantitative estimate of drug-likeness (QED) is 0.595. The zero-order chi connectivity index (χ0) is 9.47. The number of alkyl halides is 1. The maximum absolute atomic E-state index is 10.8. The van der Waals surface area contributed by atoms with E-state index >= 15 is 0 Å². The molecular weight excluding hydrogens is 245 g/mol. The molecule has 6 heteroatoms. The van der Waals surface area contributed by atoms with Crippen molar-refractivity contribution in [3.63, 3.8) is 0 Å². The second kappa shape index (κ2) is 3.88. The van der Waals surface area contributed by atoms with Gasteiger partial charge in [0.2, 0.25) is 0 Å². The fourth-order valence-electron chi connectivity index (χ4n) is 1.11. The minimum absolute atomic E-state index is 0. The molecule has 2 N–H and O–H groups in total. The van der Waals surface area contributed by atoms with Gasteiger partial charge in [-0.1, -0.05) is 35.5 Å². The summed E-state index contributed by atoms with van der Waals surface area (Å²) in [6.07, 6.45) is 0. The van der Waals surface area contributed by atoms with Crippen LogP contribution < -0.4 is 5.32 Å². The van der Waals surface area contributed by atoms with E-state index in [0.717, 1.165) is 22.3 Å². The number of aliphatic carboxylic acids is 1. The molecule has 1 atom stereocenters. The Kier molecular flexibility index (Phi) is 3.19. The lowest BCUT2D eigenvalue weighted by molar-refractivity contribution is -0.136. The maximum Gasteiger partial charge on any atom is 0.356 e. The molecule has 1 aliphatic heterocycles. The first kappa shape index (κ1) is 11.5. The summed E-state index contributed by atoms with van der Waals surface area (Å²) < 4.78 is -1.44. The smallest absolute Gasteiger partial charge is 0.356 e. The lowest BCUT2D eigenvalue weighted by Gasteiger charge is -2.14. The van der Waals surface area contributed by atoms with Gasteiger partial charge in [-0.2, -0.15) is 0 Å². The standard InChI is InChI=1S/C8H6ClNO2S.ClH/c9-8(7(11)12)10-5-3-1-2-4-6(5)13-8;/h1-4,10H,(H,11,12);1H. The molecule has 76 valence electrons. The van der Waals surface area contributed by atoms with E-state index in [2.05, 4.69) is 5.32 Å². The minimum Gasteiger partial charge on any atom is -0.478 e. The van der Waals surface area contributed by atoms with Gasteiger partial charge in [0.25, 0.3) is 4.33 Å². The van der Waals surface area contributed by atoms with E-state index in [1.54, 1.807) is 6.07 Å². The molecule has 1 heterocycles. The first-order valence-corrected chi connectivity index (χ1v) is 4.80. The van der Waals surface area contributed by atoms with Crippen LogP contribution in [0.5, 0.6) is 0 Å². The van der Waals surface area contributed by atoms with Crippen LogP contribution in [0.3, 0.4) is 0 Å². The third-order valence-electron chi connectivity index (χ3n) is 1.71. The van der Waals surface area contributed by atoms with E-state index in [1.165, 1.54) is 0 Å². The Labute approximate surface area is 96.2 Å². The molecule has 1 aromatic rings. The average molecular weight is 252 g/mol. The number of carboxylic acid groups (broad SMARTS) is 1. The van der Waals surface area contributed by atoms with E-state index < -0.39 is 10.3 Å². The molecule has 0 aromatic heterocycles. The fourth-order valence-corrected chi connectivity index (χ4v) is 2.38. The highest BCUT2D eigenvalue weighted by Crippen LogP contribution is 2.47. The summed E-state index contributed by atoms with van der Waals surface area (Å²) in [5.74, 6) is -1.07. The van der Waals surface area contributed by atoms with E-state index in [-0.39, 0.29) is 12.4 Å². The zero-order valence-electron chi connectivity index (χ0n) is 6.86. The van der Waals surface area contributed by atoms with Crippen LogP contribution in [0.2, 0.25) is 0 Å². The Morgan fingerprint density at radius 3 is 2.71 bits per heavy atom. The highest BCUT2D eigenvalue weighted by atomic mass is 35.5. The molecule has 0 bridgehead atoms. The van der Waals surface area contributed by atoms with E-state index in [0.29, 0.717) is 0 Å². The number of hydrogen-bond acceptors (Lipinski definition) is 3.